The van der Waals surface area contributed by atoms with Crippen molar-refractivity contribution in [3.05, 3.63) is 70.7 Å². The molecule has 1 heterocycles. The molecule has 3 rings (SSSR count). The van der Waals surface area contributed by atoms with Gasteiger partial charge in [0.2, 0.25) is 0 Å². The number of fused-ring (bicyclic) bond motifs is 1. The number of benzene rings is 2. The quantitative estimate of drug-likeness (QED) is 0.582. The first-order valence-corrected chi connectivity index (χ1v) is 6.20. The molecule has 21 heavy (non-hydrogen) atoms. The predicted octanol–water partition coefficient (Wildman–Crippen LogP) is 4.03. The van der Waals surface area contributed by atoms with Gasteiger partial charge in [0.15, 0.2) is 0 Å². The SMILES string of the molecule is O=[N+]([O-])c1ccc(Nc2ccnc3c(F)cccc23)cc1. The van der Waals surface area contributed by atoms with Crippen molar-refractivity contribution in [3.8, 4) is 0 Å². The minimum Gasteiger partial charge on any atom is -0.355 e. The Bertz CT molecular complexity index is 819. The van der Waals surface area contributed by atoms with Gasteiger partial charge in [-0.1, -0.05) is 12.1 Å². The van der Waals surface area contributed by atoms with E-state index in [1.54, 1.807) is 30.3 Å². The minimum atomic E-state index is -0.457. The fourth-order valence-corrected chi connectivity index (χ4v) is 2.07. The Morgan fingerprint density at radius 1 is 1.10 bits per heavy atom. The summed E-state index contributed by atoms with van der Waals surface area (Å²) in [6.45, 7) is 0. The number of nitro benzene ring substituents is 1. The van der Waals surface area contributed by atoms with Crippen molar-refractivity contribution in [2.75, 3.05) is 5.32 Å². The van der Waals surface area contributed by atoms with Gasteiger partial charge in [0.25, 0.3) is 5.69 Å². The van der Waals surface area contributed by atoms with E-state index in [0.717, 1.165) is 0 Å². The lowest BCUT2D eigenvalue weighted by molar-refractivity contribution is -0.384. The van der Waals surface area contributed by atoms with Gasteiger partial charge in [0.1, 0.15) is 11.3 Å². The molecule has 0 unspecified atom stereocenters. The number of anilines is 2. The lowest BCUT2D eigenvalue weighted by Crippen LogP contribution is -1.94. The van der Waals surface area contributed by atoms with Gasteiger partial charge in [0, 0.05) is 35.1 Å². The van der Waals surface area contributed by atoms with Crippen LogP contribution in [0.15, 0.2) is 54.7 Å². The van der Waals surface area contributed by atoms with E-state index < -0.39 is 4.92 Å². The normalized spacial score (nSPS) is 10.5. The van der Waals surface area contributed by atoms with Crippen molar-refractivity contribution < 1.29 is 9.31 Å². The first-order chi connectivity index (χ1) is 10.1. The molecule has 1 aromatic heterocycles. The number of para-hydroxylation sites is 1. The Kier molecular flexibility index (Phi) is 3.19. The second-order valence-corrected chi connectivity index (χ2v) is 4.42. The lowest BCUT2D eigenvalue weighted by atomic mass is 10.1. The maximum Gasteiger partial charge on any atom is 0.269 e. The number of rotatable bonds is 3. The molecule has 0 saturated heterocycles. The van der Waals surface area contributed by atoms with Gasteiger partial charge in [0.05, 0.1) is 4.92 Å². The molecule has 2 aromatic carbocycles. The molecule has 0 radical (unpaired) electrons. The number of aromatic nitrogens is 1. The van der Waals surface area contributed by atoms with Gasteiger partial charge < -0.3 is 5.32 Å². The van der Waals surface area contributed by atoms with Crippen molar-refractivity contribution >= 4 is 28.0 Å². The van der Waals surface area contributed by atoms with Crippen LogP contribution in [-0.2, 0) is 0 Å². The van der Waals surface area contributed by atoms with Crippen LogP contribution in [0, 0.1) is 15.9 Å². The molecule has 0 amide bonds. The largest absolute Gasteiger partial charge is 0.355 e. The van der Waals surface area contributed by atoms with E-state index >= 15 is 0 Å². The van der Waals surface area contributed by atoms with E-state index in [9.17, 15) is 14.5 Å². The number of nitrogens with one attached hydrogen (secondary N) is 1. The zero-order valence-corrected chi connectivity index (χ0v) is 10.8. The Morgan fingerprint density at radius 3 is 2.57 bits per heavy atom. The smallest absolute Gasteiger partial charge is 0.269 e. The Hall–Kier alpha value is -3.02. The van der Waals surface area contributed by atoms with Crippen LogP contribution in [0.3, 0.4) is 0 Å². The van der Waals surface area contributed by atoms with Crippen molar-refractivity contribution in [2.24, 2.45) is 0 Å². The second-order valence-electron chi connectivity index (χ2n) is 4.42. The first kappa shape index (κ1) is 13.0. The molecular weight excluding hydrogens is 273 g/mol. The van der Waals surface area contributed by atoms with Gasteiger partial charge in [-0.15, -0.1) is 0 Å². The first-order valence-electron chi connectivity index (χ1n) is 6.20. The zero-order chi connectivity index (χ0) is 14.8. The number of hydrogen-bond donors (Lipinski definition) is 1. The van der Waals surface area contributed by atoms with Crippen molar-refractivity contribution in [1.29, 1.82) is 0 Å². The van der Waals surface area contributed by atoms with Crippen molar-refractivity contribution in [2.45, 2.75) is 0 Å². The predicted molar refractivity (Wildman–Crippen MR) is 78.1 cm³/mol. The fraction of sp³-hybridized carbons (Fsp3) is 0. The summed E-state index contributed by atoms with van der Waals surface area (Å²) in [5.74, 6) is -0.389. The Balaban J connectivity index is 1.98. The third-order valence-electron chi connectivity index (χ3n) is 3.08. The summed E-state index contributed by atoms with van der Waals surface area (Å²) in [6, 6.07) is 12.5. The summed E-state index contributed by atoms with van der Waals surface area (Å²) in [5.41, 5.74) is 1.67. The number of nitro groups is 1. The maximum absolute atomic E-state index is 13.7. The van der Waals surface area contributed by atoms with Crippen LogP contribution < -0.4 is 5.32 Å². The summed E-state index contributed by atoms with van der Waals surface area (Å²) in [7, 11) is 0. The number of nitrogens with zero attached hydrogens (tertiary/aromatic N) is 2. The summed E-state index contributed by atoms with van der Waals surface area (Å²) in [6.07, 6.45) is 1.51. The van der Waals surface area contributed by atoms with Gasteiger partial charge in [-0.25, -0.2) is 4.39 Å². The van der Waals surface area contributed by atoms with Crippen LogP contribution >= 0.6 is 0 Å². The van der Waals surface area contributed by atoms with Gasteiger partial charge in [-0.3, -0.25) is 15.1 Å². The fourth-order valence-electron chi connectivity index (χ4n) is 2.07. The lowest BCUT2D eigenvalue weighted by Gasteiger charge is -2.09. The summed E-state index contributed by atoms with van der Waals surface area (Å²) in [4.78, 5) is 14.2. The van der Waals surface area contributed by atoms with E-state index in [-0.39, 0.29) is 17.0 Å². The number of non-ortho nitro benzene ring substituents is 1. The molecule has 0 aliphatic rings. The summed E-state index contributed by atoms with van der Waals surface area (Å²) in [5, 5.41) is 14.4. The number of halogens is 1. The number of hydrogen-bond acceptors (Lipinski definition) is 4. The highest BCUT2D eigenvalue weighted by Gasteiger charge is 2.07. The highest BCUT2D eigenvalue weighted by molar-refractivity contribution is 5.93. The molecule has 104 valence electrons. The average molecular weight is 283 g/mol. The van der Waals surface area contributed by atoms with Crippen LogP contribution in [0.5, 0.6) is 0 Å². The monoisotopic (exact) mass is 283 g/mol. The molecule has 0 spiro atoms. The van der Waals surface area contributed by atoms with E-state index in [0.29, 0.717) is 16.8 Å². The molecular formula is C15H10FN3O2. The highest BCUT2D eigenvalue weighted by atomic mass is 19.1. The van der Waals surface area contributed by atoms with Crippen LogP contribution in [0.25, 0.3) is 10.9 Å². The molecule has 0 fully saturated rings. The van der Waals surface area contributed by atoms with Crippen molar-refractivity contribution in [1.82, 2.24) is 4.98 Å². The van der Waals surface area contributed by atoms with Gasteiger partial charge in [-0.2, -0.15) is 0 Å². The summed E-state index contributed by atoms with van der Waals surface area (Å²) >= 11 is 0. The molecule has 3 aromatic rings. The molecule has 0 bridgehead atoms. The average Bonchev–Trinajstić information content (AvgIpc) is 2.49. The Labute approximate surface area is 119 Å². The molecule has 0 aliphatic heterocycles. The van der Waals surface area contributed by atoms with E-state index in [1.165, 1.54) is 24.4 Å². The van der Waals surface area contributed by atoms with Crippen LogP contribution in [0.2, 0.25) is 0 Å². The van der Waals surface area contributed by atoms with Crippen LogP contribution in [0.1, 0.15) is 0 Å². The molecule has 6 heteroatoms. The number of pyridine rings is 1. The van der Waals surface area contributed by atoms with Crippen LogP contribution in [0.4, 0.5) is 21.5 Å². The molecule has 0 atom stereocenters. The minimum absolute atomic E-state index is 0.0196. The van der Waals surface area contributed by atoms with E-state index in [4.69, 9.17) is 0 Å². The third kappa shape index (κ3) is 2.51. The Morgan fingerprint density at radius 2 is 1.86 bits per heavy atom. The van der Waals surface area contributed by atoms with Crippen molar-refractivity contribution in [3.63, 3.8) is 0 Å². The third-order valence-corrected chi connectivity index (χ3v) is 3.08. The topological polar surface area (TPSA) is 68.1 Å². The maximum atomic E-state index is 13.7. The van der Waals surface area contributed by atoms with E-state index in [2.05, 4.69) is 10.3 Å². The summed E-state index contributed by atoms with van der Waals surface area (Å²) < 4.78 is 13.7. The second kappa shape index (κ2) is 5.16. The molecule has 5 nitrogen and oxygen atoms in total. The van der Waals surface area contributed by atoms with Gasteiger partial charge >= 0.3 is 0 Å². The standard InChI is InChI=1S/C15H10FN3O2/c16-13-3-1-2-12-14(8-9-17-15(12)13)18-10-4-6-11(7-5-10)19(20)21/h1-9H,(H,17,18). The molecule has 0 aliphatic carbocycles. The zero-order valence-electron chi connectivity index (χ0n) is 10.8. The van der Waals surface area contributed by atoms with Gasteiger partial charge in [-0.05, 0) is 24.3 Å². The molecule has 1 N–H and O–H groups in total. The highest BCUT2D eigenvalue weighted by Crippen LogP contribution is 2.27. The van der Waals surface area contributed by atoms with E-state index in [1.807, 2.05) is 0 Å². The van der Waals surface area contributed by atoms with Crippen LogP contribution in [-0.4, -0.2) is 9.91 Å². The molecule has 0 saturated carbocycles.